The highest BCUT2D eigenvalue weighted by molar-refractivity contribution is 7.99. The molecule has 0 amide bonds. The molecule has 150 valence electrons. The maximum absolute atomic E-state index is 10.0. The van der Waals surface area contributed by atoms with Crippen molar-refractivity contribution in [2.24, 2.45) is 0 Å². The third kappa shape index (κ3) is 4.07. The van der Waals surface area contributed by atoms with E-state index in [0.29, 0.717) is 29.1 Å². The molecule has 1 aromatic heterocycles. The Bertz CT molecular complexity index is 1010. The maximum atomic E-state index is 10.0. The van der Waals surface area contributed by atoms with Crippen molar-refractivity contribution in [1.82, 2.24) is 15.2 Å². The molecule has 4 rings (SSSR count). The van der Waals surface area contributed by atoms with Crippen LogP contribution >= 0.6 is 11.8 Å². The fourth-order valence-corrected chi connectivity index (χ4v) is 3.65. The Morgan fingerprint density at radius 3 is 2.86 bits per heavy atom. The summed E-state index contributed by atoms with van der Waals surface area (Å²) in [4.78, 5) is 4.61. The number of phenols is 1. The van der Waals surface area contributed by atoms with E-state index in [1.54, 1.807) is 30.0 Å². The summed E-state index contributed by atoms with van der Waals surface area (Å²) in [5.41, 5.74) is 3.14. The highest BCUT2D eigenvalue weighted by Gasteiger charge is 2.26. The normalized spacial score (nSPS) is 14.8. The van der Waals surface area contributed by atoms with E-state index in [1.807, 2.05) is 31.2 Å². The number of rotatable bonds is 6. The zero-order valence-corrected chi connectivity index (χ0v) is 17.1. The fourth-order valence-electron chi connectivity index (χ4n) is 3.02. The van der Waals surface area contributed by atoms with Gasteiger partial charge in [-0.3, -0.25) is 0 Å². The highest BCUT2D eigenvalue weighted by Crippen LogP contribution is 2.40. The van der Waals surface area contributed by atoms with Crippen LogP contribution in [0.1, 0.15) is 32.1 Å². The van der Waals surface area contributed by atoms with Gasteiger partial charge in [0.15, 0.2) is 23.4 Å². The number of nitrogens with one attached hydrogen (secondary N) is 1. The van der Waals surface area contributed by atoms with Crippen LogP contribution in [0.5, 0.6) is 17.4 Å². The molecule has 8 heteroatoms. The second-order valence-corrected chi connectivity index (χ2v) is 7.51. The van der Waals surface area contributed by atoms with Crippen molar-refractivity contribution in [1.29, 1.82) is 0 Å². The van der Waals surface area contributed by atoms with Crippen LogP contribution in [0.2, 0.25) is 0 Å². The molecule has 2 heterocycles. The van der Waals surface area contributed by atoms with Gasteiger partial charge in [-0.05, 0) is 37.6 Å². The largest absolute Gasteiger partial charge is 0.504 e. The van der Waals surface area contributed by atoms with Gasteiger partial charge < -0.3 is 19.9 Å². The molecule has 0 unspecified atom stereocenters. The average molecular weight is 410 g/mol. The van der Waals surface area contributed by atoms with Crippen molar-refractivity contribution in [3.63, 3.8) is 0 Å². The first-order valence-corrected chi connectivity index (χ1v) is 10.5. The number of aromatic nitrogens is 3. The summed E-state index contributed by atoms with van der Waals surface area (Å²) in [5, 5.41) is 22.7. The van der Waals surface area contributed by atoms with Gasteiger partial charge in [0.25, 0.3) is 0 Å². The molecule has 1 aliphatic heterocycles. The number of benzene rings is 2. The molecule has 29 heavy (non-hydrogen) atoms. The van der Waals surface area contributed by atoms with Crippen LogP contribution in [0.15, 0.2) is 47.6 Å². The SMILES string of the molecule is CCCSc1nnc2c(n1)O[C@@H](c1ccc(O)c(OCC)c1)Nc1ccccc1-2. The van der Waals surface area contributed by atoms with Crippen LogP contribution < -0.4 is 14.8 Å². The highest BCUT2D eigenvalue weighted by atomic mass is 32.2. The van der Waals surface area contributed by atoms with E-state index >= 15 is 0 Å². The lowest BCUT2D eigenvalue weighted by atomic mass is 10.1. The Hall–Kier alpha value is -3.00. The van der Waals surface area contributed by atoms with Crippen LogP contribution in [-0.4, -0.2) is 32.6 Å². The van der Waals surface area contributed by atoms with Crippen molar-refractivity contribution < 1.29 is 14.6 Å². The molecule has 2 N–H and O–H groups in total. The maximum Gasteiger partial charge on any atom is 0.247 e. The Balaban J connectivity index is 1.76. The first-order valence-electron chi connectivity index (χ1n) is 9.55. The van der Waals surface area contributed by atoms with Gasteiger partial charge in [0.1, 0.15) is 0 Å². The second kappa shape index (κ2) is 8.57. The van der Waals surface area contributed by atoms with Gasteiger partial charge in [0.2, 0.25) is 11.0 Å². The summed E-state index contributed by atoms with van der Waals surface area (Å²) in [6.07, 6.45) is 0.491. The average Bonchev–Trinajstić information content (AvgIpc) is 2.90. The molecule has 0 saturated heterocycles. The number of aromatic hydroxyl groups is 1. The second-order valence-electron chi connectivity index (χ2n) is 6.44. The van der Waals surface area contributed by atoms with Gasteiger partial charge in [-0.2, -0.15) is 4.98 Å². The molecule has 1 atom stereocenters. The Labute approximate surface area is 173 Å². The van der Waals surface area contributed by atoms with E-state index < -0.39 is 6.23 Å². The molecular weight excluding hydrogens is 388 g/mol. The summed E-state index contributed by atoms with van der Waals surface area (Å²) in [6, 6.07) is 13.0. The predicted octanol–water partition coefficient (Wildman–Crippen LogP) is 4.65. The van der Waals surface area contributed by atoms with E-state index in [-0.39, 0.29) is 5.75 Å². The van der Waals surface area contributed by atoms with Gasteiger partial charge in [0, 0.05) is 22.6 Å². The van der Waals surface area contributed by atoms with Gasteiger partial charge in [-0.25, -0.2) is 0 Å². The van der Waals surface area contributed by atoms with Crippen LogP contribution in [0.3, 0.4) is 0 Å². The molecule has 2 aromatic carbocycles. The van der Waals surface area contributed by atoms with Crippen LogP contribution in [0.25, 0.3) is 11.3 Å². The van der Waals surface area contributed by atoms with Crippen LogP contribution in [0.4, 0.5) is 5.69 Å². The van der Waals surface area contributed by atoms with Crippen LogP contribution in [0, 0.1) is 0 Å². The van der Waals surface area contributed by atoms with Crippen LogP contribution in [-0.2, 0) is 0 Å². The first kappa shape index (κ1) is 19.3. The summed E-state index contributed by atoms with van der Waals surface area (Å²) < 4.78 is 11.8. The summed E-state index contributed by atoms with van der Waals surface area (Å²) in [5.74, 6) is 1.83. The Kier molecular flexibility index (Phi) is 5.71. The monoisotopic (exact) mass is 410 g/mol. The van der Waals surface area contributed by atoms with E-state index in [2.05, 4.69) is 27.4 Å². The lowest BCUT2D eigenvalue weighted by molar-refractivity contribution is 0.224. The third-order valence-electron chi connectivity index (χ3n) is 4.36. The van der Waals surface area contributed by atoms with E-state index in [9.17, 15) is 5.11 Å². The van der Waals surface area contributed by atoms with Crippen molar-refractivity contribution in [2.75, 3.05) is 17.7 Å². The molecular formula is C21H22N4O3S. The van der Waals surface area contributed by atoms with Crippen molar-refractivity contribution in [3.05, 3.63) is 48.0 Å². The van der Waals surface area contributed by atoms with Crippen molar-refractivity contribution in [2.45, 2.75) is 31.7 Å². The fraction of sp³-hybridized carbons (Fsp3) is 0.286. The molecule has 0 saturated carbocycles. The number of nitrogens with zero attached hydrogens (tertiary/aromatic N) is 3. The minimum atomic E-state index is -0.530. The molecule has 0 spiro atoms. The number of anilines is 1. The van der Waals surface area contributed by atoms with Gasteiger partial charge in [-0.15, -0.1) is 10.2 Å². The summed E-state index contributed by atoms with van der Waals surface area (Å²) >= 11 is 1.55. The van der Waals surface area contributed by atoms with E-state index in [0.717, 1.165) is 29.0 Å². The third-order valence-corrected chi connectivity index (χ3v) is 5.40. The smallest absolute Gasteiger partial charge is 0.247 e. The Morgan fingerprint density at radius 1 is 1.17 bits per heavy atom. The molecule has 0 fully saturated rings. The zero-order valence-electron chi connectivity index (χ0n) is 16.3. The number of hydrogen-bond acceptors (Lipinski definition) is 8. The zero-order chi connectivity index (χ0) is 20.2. The number of thioether (sulfide) groups is 1. The quantitative estimate of drug-likeness (QED) is 0.568. The van der Waals surface area contributed by atoms with Gasteiger partial charge >= 0.3 is 0 Å². The minimum absolute atomic E-state index is 0.0901. The minimum Gasteiger partial charge on any atom is -0.504 e. The standard InChI is InChI=1S/C21H22N4O3S/c1-3-11-29-21-23-20-18(24-25-21)14-7-5-6-8-15(14)22-19(28-20)13-9-10-16(26)17(12-13)27-4-2/h5-10,12,19,22,26H,3-4,11H2,1-2H3/t19-/m0/s1. The Morgan fingerprint density at radius 2 is 2.03 bits per heavy atom. The number of hydrogen-bond donors (Lipinski definition) is 2. The van der Waals surface area contributed by atoms with E-state index in [4.69, 9.17) is 9.47 Å². The molecule has 0 aliphatic carbocycles. The molecule has 1 aliphatic rings. The van der Waals surface area contributed by atoms with E-state index in [1.165, 1.54) is 0 Å². The first-order chi connectivity index (χ1) is 14.2. The van der Waals surface area contributed by atoms with Crippen molar-refractivity contribution in [3.8, 4) is 28.6 Å². The molecule has 7 nitrogen and oxygen atoms in total. The molecule has 0 bridgehead atoms. The van der Waals surface area contributed by atoms with Crippen molar-refractivity contribution >= 4 is 17.4 Å². The summed E-state index contributed by atoms with van der Waals surface area (Å²) in [6.45, 7) is 4.44. The number of fused-ring (bicyclic) bond motifs is 3. The molecule has 3 aromatic rings. The van der Waals surface area contributed by atoms with Gasteiger partial charge in [-0.1, -0.05) is 36.9 Å². The predicted molar refractivity (Wildman–Crippen MR) is 113 cm³/mol. The number of ether oxygens (including phenoxy) is 2. The lowest BCUT2D eigenvalue weighted by Crippen LogP contribution is -2.17. The molecule has 0 radical (unpaired) electrons. The topological polar surface area (TPSA) is 89.4 Å². The number of phenolic OH excluding ortho intramolecular Hbond substituents is 1. The number of para-hydroxylation sites is 1. The summed E-state index contributed by atoms with van der Waals surface area (Å²) in [7, 11) is 0. The lowest BCUT2D eigenvalue weighted by Gasteiger charge is -2.20. The van der Waals surface area contributed by atoms with Gasteiger partial charge in [0.05, 0.1) is 6.61 Å².